The number of aryl methyl sites for hydroxylation is 1. The van der Waals surface area contributed by atoms with E-state index in [-0.39, 0.29) is 0 Å². The molecule has 0 N–H and O–H groups in total. The van der Waals surface area contributed by atoms with E-state index >= 15 is 0 Å². The maximum absolute atomic E-state index is 12.2. The van der Waals surface area contributed by atoms with Gasteiger partial charge in [-0.15, -0.1) is 0 Å². The SMILES string of the molecule is O=C(CCc1cccc2ccccc12)C1CCCC1. The van der Waals surface area contributed by atoms with E-state index in [0.29, 0.717) is 18.1 Å². The number of fused-ring (bicyclic) bond motifs is 1. The van der Waals surface area contributed by atoms with Gasteiger partial charge in [0.1, 0.15) is 5.78 Å². The second-order valence-corrected chi connectivity index (χ2v) is 5.59. The largest absolute Gasteiger partial charge is 0.299 e. The number of hydrogen-bond acceptors (Lipinski definition) is 1. The van der Waals surface area contributed by atoms with Crippen LogP contribution < -0.4 is 0 Å². The summed E-state index contributed by atoms with van der Waals surface area (Å²) in [5.74, 6) is 0.834. The number of Topliss-reactive ketones (excluding diaryl/α,β-unsaturated/α-hetero) is 1. The molecule has 2 aromatic rings. The fourth-order valence-electron chi connectivity index (χ4n) is 3.22. The highest BCUT2D eigenvalue weighted by Gasteiger charge is 2.22. The molecular weight excluding hydrogens is 232 g/mol. The average molecular weight is 252 g/mol. The predicted molar refractivity (Wildman–Crippen MR) is 79.2 cm³/mol. The molecule has 3 rings (SSSR count). The van der Waals surface area contributed by atoms with E-state index in [9.17, 15) is 4.79 Å². The number of ketones is 1. The molecule has 0 heterocycles. The van der Waals surface area contributed by atoms with Gasteiger partial charge in [-0.2, -0.15) is 0 Å². The van der Waals surface area contributed by atoms with Crippen LogP contribution in [-0.4, -0.2) is 5.78 Å². The summed E-state index contributed by atoms with van der Waals surface area (Å²) in [5, 5.41) is 2.57. The third-order valence-electron chi connectivity index (χ3n) is 4.33. The number of rotatable bonds is 4. The van der Waals surface area contributed by atoms with Gasteiger partial charge in [-0.05, 0) is 35.6 Å². The normalized spacial score (nSPS) is 16.0. The Labute approximate surface area is 114 Å². The minimum absolute atomic E-state index is 0.356. The Morgan fingerprint density at radius 3 is 2.58 bits per heavy atom. The lowest BCUT2D eigenvalue weighted by Gasteiger charge is -2.09. The molecule has 0 aliphatic heterocycles. The second kappa shape index (κ2) is 5.56. The van der Waals surface area contributed by atoms with Crippen LogP contribution >= 0.6 is 0 Å². The number of carbonyl (C=O) groups excluding carboxylic acids is 1. The Balaban J connectivity index is 1.73. The van der Waals surface area contributed by atoms with Gasteiger partial charge in [-0.1, -0.05) is 55.3 Å². The topological polar surface area (TPSA) is 17.1 Å². The van der Waals surface area contributed by atoms with Gasteiger partial charge >= 0.3 is 0 Å². The zero-order valence-electron chi connectivity index (χ0n) is 11.3. The number of benzene rings is 2. The lowest BCUT2D eigenvalue weighted by molar-refractivity contribution is -0.122. The van der Waals surface area contributed by atoms with Gasteiger partial charge in [0.25, 0.3) is 0 Å². The molecule has 19 heavy (non-hydrogen) atoms. The number of carbonyl (C=O) groups is 1. The van der Waals surface area contributed by atoms with E-state index in [4.69, 9.17) is 0 Å². The summed E-state index contributed by atoms with van der Waals surface area (Å²) in [4.78, 5) is 12.2. The summed E-state index contributed by atoms with van der Waals surface area (Å²) in [6, 6.07) is 14.8. The first kappa shape index (κ1) is 12.4. The first-order valence-electron chi connectivity index (χ1n) is 7.34. The highest BCUT2D eigenvalue weighted by molar-refractivity contribution is 5.87. The Hall–Kier alpha value is -1.63. The van der Waals surface area contributed by atoms with E-state index in [1.54, 1.807) is 0 Å². The van der Waals surface area contributed by atoms with Crippen molar-refractivity contribution in [1.29, 1.82) is 0 Å². The van der Waals surface area contributed by atoms with Crippen LogP contribution in [0, 0.1) is 5.92 Å². The summed E-state index contributed by atoms with van der Waals surface area (Å²) in [5.41, 5.74) is 1.31. The lowest BCUT2D eigenvalue weighted by atomic mass is 9.95. The summed E-state index contributed by atoms with van der Waals surface area (Å²) in [7, 11) is 0. The van der Waals surface area contributed by atoms with Gasteiger partial charge < -0.3 is 0 Å². The van der Waals surface area contributed by atoms with Crippen LogP contribution in [-0.2, 0) is 11.2 Å². The van der Waals surface area contributed by atoms with E-state index in [1.165, 1.54) is 29.2 Å². The van der Waals surface area contributed by atoms with Gasteiger partial charge in [-0.25, -0.2) is 0 Å². The minimum Gasteiger partial charge on any atom is -0.299 e. The molecule has 1 aliphatic rings. The third-order valence-corrected chi connectivity index (χ3v) is 4.33. The highest BCUT2D eigenvalue weighted by atomic mass is 16.1. The molecule has 2 aromatic carbocycles. The molecule has 0 saturated heterocycles. The molecule has 0 unspecified atom stereocenters. The molecule has 0 amide bonds. The maximum atomic E-state index is 12.2. The molecule has 1 saturated carbocycles. The van der Waals surface area contributed by atoms with Crippen molar-refractivity contribution in [3.05, 3.63) is 48.0 Å². The molecule has 0 aromatic heterocycles. The molecular formula is C18H20O. The Kier molecular flexibility index (Phi) is 3.63. The smallest absolute Gasteiger partial charge is 0.136 e. The molecule has 1 nitrogen and oxygen atoms in total. The minimum atomic E-state index is 0.356. The van der Waals surface area contributed by atoms with Crippen molar-refractivity contribution < 1.29 is 4.79 Å². The second-order valence-electron chi connectivity index (χ2n) is 5.59. The van der Waals surface area contributed by atoms with Crippen LogP contribution in [0.1, 0.15) is 37.7 Å². The van der Waals surface area contributed by atoms with Crippen molar-refractivity contribution in [2.24, 2.45) is 5.92 Å². The Bertz CT molecular complexity index is 574. The van der Waals surface area contributed by atoms with Gasteiger partial charge in [0.15, 0.2) is 0 Å². The van der Waals surface area contributed by atoms with E-state index in [2.05, 4.69) is 42.5 Å². The molecule has 0 radical (unpaired) electrons. The molecule has 1 fully saturated rings. The fourth-order valence-corrected chi connectivity index (χ4v) is 3.22. The van der Waals surface area contributed by atoms with Crippen LogP contribution in [0.15, 0.2) is 42.5 Å². The summed E-state index contributed by atoms with van der Waals surface area (Å²) < 4.78 is 0. The van der Waals surface area contributed by atoms with Gasteiger partial charge in [0.2, 0.25) is 0 Å². The van der Waals surface area contributed by atoms with Crippen LogP contribution in [0.4, 0.5) is 0 Å². The molecule has 0 spiro atoms. The predicted octanol–water partition coefficient (Wildman–Crippen LogP) is 4.53. The summed E-state index contributed by atoms with van der Waals surface area (Å²) in [6.07, 6.45) is 6.31. The maximum Gasteiger partial charge on any atom is 0.136 e. The van der Waals surface area contributed by atoms with E-state index < -0.39 is 0 Å². The first-order valence-corrected chi connectivity index (χ1v) is 7.34. The molecule has 0 atom stereocenters. The van der Waals surface area contributed by atoms with Crippen molar-refractivity contribution in [3.8, 4) is 0 Å². The summed E-state index contributed by atoms with van der Waals surface area (Å²) >= 11 is 0. The Morgan fingerprint density at radius 2 is 1.74 bits per heavy atom. The average Bonchev–Trinajstić information content (AvgIpc) is 2.99. The van der Waals surface area contributed by atoms with Crippen molar-refractivity contribution in [3.63, 3.8) is 0 Å². The molecule has 98 valence electrons. The van der Waals surface area contributed by atoms with Crippen molar-refractivity contribution >= 4 is 16.6 Å². The number of hydrogen-bond donors (Lipinski definition) is 0. The van der Waals surface area contributed by atoms with Gasteiger partial charge in [0.05, 0.1) is 0 Å². The van der Waals surface area contributed by atoms with Crippen LogP contribution in [0.3, 0.4) is 0 Å². The standard InChI is InChI=1S/C18H20O/c19-18(16-7-1-2-8-16)13-12-15-10-5-9-14-6-3-4-11-17(14)15/h3-6,9-11,16H,1-2,7-8,12-13H2. The summed E-state index contributed by atoms with van der Waals surface area (Å²) in [6.45, 7) is 0. The Morgan fingerprint density at radius 1 is 1.00 bits per heavy atom. The quantitative estimate of drug-likeness (QED) is 0.781. The molecule has 1 aliphatic carbocycles. The van der Waals surface area contributed by atoms with E-state index in [0.717, 1.165) is 19.3 Å². The fraction of sp³-hybridized carbons (Fsp3) is 0.389. The van der Waals surface area contributed by atoms with Gasteiger partial charge in [-0.3, -0.25) is 4.79 Å². The first-order chi connectivity index (χ1) is 9.34. The lowest BCUT2D eigenvalue weighted by Crippen LogP contribution is -2.11. The third kappa shape index (κ3) is 2.70. The zero-order valence-corrected chi connectivity index (χ0v) is 11.3. The zero-order chi connectivity index (χ0) is 13.1. The monoisotopic (exact) mass is 252 g/mol. The van der Waals surface area contributed by atoms with Crippen molar-refractivity contribution in [1.82, 2.24) is 0 Å². The van der Waals surface area contributed by atoms with Crippen LogP contribution in [0.5, 0.6) is 0 Å². The molecule has 0 bridgehead atoms. The van der Waals surface area contributed by atoms with Crippen molar-refractivity contribution in [2.45, 2.75) is 38.5 Å². The van der Waals surface area contributed by atoms with Gasteiger partial charge in [0, 0.05) is 12.3 Å². The molecule has 1 heteroatoms. The highest BCUT2D eigenvalue weighted by Crippen LogP contribution is 2.27. The van der Waals surface area contributed by atoms with Crippen molar-refractivity contribution in [2.75, 3.05) is 0 Å². The van der Waals surface area contributed by atoms with Crippen LogP contribution in [0.25, 0.3) is 10.8 Å². The van der Waals surface area contributed by atoms with E-state index in [1.807, 2.05) is 0 Å². The van der Waals surface area contributed by atoms with Crippen LogP contribution in [0.2, 0.25) is 0 Å².